The Morgan fingerprint density at radius 3 is 2.78 bits per heavy atom. The summed E-state index contributed by atoms with van der Waals surface area (Å²) in [4.78, 5) is 15.6. The van der Waals surface area contributed by atoms with Gasteiger partial charge in [0.1, 0.15) is 0 Å². The van der Waals surface area contributed by atoms with E-state index in [1.54, 1.807) is 16.8 Å². The zero-order chi connectivity index (χ0) is 18.8. The summed E-state index contributed by atoms with van der Waals surface area (Å²) < 4.78 is 1.61. The number of hydrogen-bond donors (Lipinski definition) is 2. The van der Waals surface area contributed by atoms with Gasteiger partial charge >= 0.3 is 0 Å². The highest BCUT2D eigenvalue weighted by Crippen LogP contribution is 2.22. The molecule has 1 amide bonds. The molecule has 0 aliphatic carbocycles. The fourth-order valence-electron chi connectivity index (χ4n) is 2.99. The average molecular weight is 381 g/mol. The number of aryl methyl sites for hydroxylation is 1. The Morgan fingerprint density at radius 2 is 2.04 bits per heavy atom. The summed E-state index contributed by atoms with van der Waals surface area (Å²) in [6, 6.07) is 12.9. The molecule has 2 aromatic carbocycles. The van der Waals surface area contributed by atoms with Gasteiger partial charge in [0.05, 0.1) is 5.69 Å². The molecule has 0 bridgehead atoms. The van der Waals surface area contributed by atoms with E-state index >= 15 is 0 Å². The number of rotatable bonds is 5. The lowest BCUT2D eigenvalue weighted by Gasteiger charge is -2.06. The summed E-state index contributed by atoms with van der Waals surface area (Å²) >= 11 is 6.07. The number of nitrogens with one attached hydrogen (secondary N) is 2. The van der Waals surface area contributed by atoms with Crippen LogP contribution in [0.25, 0.3) is 16.6 Å². The second-order valence-electron chi connectivity index (χ2n) is 6.19. The minimum Gasteiger partial charge on any atom is -0.361 e. The minimum absolute atomic E-state index is 0.118. The summed E-state index contributed by atoms with van der Waals surface area (Å²) in [5.74, 6) is 0.568. The maximum atomic E-state index is 12.4. The third kappa shape index (κ3) is 3.54. The quantitative estimate of drug-likeness (QED) is 0.557. The molecule has 0 unspecified atom stereocenters. The Labute approximate surface area is 160 Å². The first kappa shape index (κ1) is 17.2. The predicted molar refractivity (Wildman–Crippen MR) is 103 cm³/mol. The Bertz CT molecular complexity index is 1100. The summed E-state index contributed by atoms with van der Waals surface area (Å²) in [6.45, 7) is 2.35. The van der Waals surface area contributed by atoms with Crippen LogP contribution in [0.4, 0.5) is 0 Å². The van der Waals surface area contributed by atoms with E-state index in [2.05, 4.69) is 25.8 Å². The Morgan fingerprint density at radius 1 is 1.22 bits per heavy atom. The molecule has 0 atom stereocenters. The van der Waals surface area contributed by atoms with Gasteiger partial charge in [-0.3, -0.25) is 4.79 Å². The van der Waals surface area contributed by atoms with Crippen LogP contribution in [0.3, 0.4) is 0 Å². The van der Waals surface area contributed by atoms with Crippen LogP contribution in [-0.4, -0.2) is 37.6 Å². The SMILES string of the molecule is Cc1nnnn1-c1ccc(C(=O)NCCc2c[nH]c3ccc(Cl)cc23)cc1. The molecule has 0 saturated heterocycles. The molecule has 0 fully saturated rings. The van der Waals surface area contributed by atoms with Crippen molar-refractivity contribution >= 4 is 28.4 Å². The van der Waals surface area contributed by atoms with Crippen LogP contribution in [0.2, 0.25) is 5.02 Å². The molecule has 0 saturated carbocycles. The first-order valence-electron chi connectivity index (χ1n) is 8.51. The van der Waals surface area contributed by atoms with Crippen molar-refractivity contribution in [2.24, 2.45) is 0 Å². The molecular formula is C19H17ClN6O. The van der Waals surface area contributed by atoms with E-state index in [1.807, 2.05) is 43.5 Å². The topological polar surface area (TPSA) is 88.5 Å². The van der Waals surface area contributed by atoms with Crippen molar-refractivity contribution in [3.63, 3.8) is 0 Å². The monoisotopic (exact) mass is 380 g/mol. The second-order valence-corrected chi connectivity index (χ2v) is 6.63. The first-order chi connectivity index (χ1) is 13.1. The van der Waals surface area contributed by atoms with Crippen molar-refractivity contribution in [2.75, 3.05) is 6.54 Å². The van der Waals surface area contributed by atoms with Crippen LogP contribution >= 0.6 is 11.6 Å². The molecule has 2 heterocycles. The number of amides is 1. The number of aromatic nitrogens is 5. The highest BCUT2D eigenvalue weighted by atomic mass is 35.5. The smallest absolute Gasteiger partial charge is 0.251 e. The molecule has 0 aliphatic rings. The Hall–Kier alpha value is -3.19. The number of benzene rings is 2. The molecule has 7 nitrogen and oxygen atoms in total. The lowest BCUT2D eigenvalue weighted by molar-refractivity contribution is 0.0954. The molecule has 0 aliphatic heterocycles. The molecule has 4 rings (SSSR count). The summed E-state index contributed by atoms with van der Waals surface area (Å²) in [7, 11) is 0. The van der Waals surface area contributed by atoms with Crippen LogP contribution in [0.1, 0.15) is 21.7 Å². The standard InChI is InChI=1S/C19H17ClN6O/c1-12-23-24-25-26(12)16-5-2-13(3-6-16)19(27)21-9-8-14-11-22-18-7-4-15(20)10-17(14)18/h2-7,10-11,22H,8-9H2,1H3,(H,21,27). The first-order valence-corrected chi connectivity index (χ1v) is 8.89. The van der Waals surface area contributed by atoms with Crippen molar-refractivity contribution in [3.05, 3.63) is 70.6 Å². The van der Waals surface area contributed by atoms with Crippen LogP contribution in [-0.2, 0) is 6.42 Å². The minimum atomic E-state index is -0.118. The molecule has 8 heteroatoms. The van der Waals surface area contributed by atoms with E-state index in [0.717, 1.165) is 22.2 Å². The van der Waals surface area contributed by atoms with E-state index in [0.29, 0.717) is 29.4 Å². The third-order valence-corrected chi connectivity index (χ3v) is 4.64. The van der Waals surface area contributed by atoms with E-state index in [4.69, 9.17) is 11.6 Å². The molecule has 136 valence electrons. The normalized spacial score (nSPS) is 11.0. The maximum Gasteiger partial charge on any atom is 0.251 e. The molecule has 0 spiro atoms. The summed E-state index contributed by atoms with van der Waals surface area (Å²) in [5.41, 5.74) is 3.56. The number of carbonyl (C=O) groups excluding carboxylic acids is 1. The van der Waals surface area contributed by atoms with E-state index in [9.17, 15) is 4.79 Å². The summed E-state index contributed by atoms with van der Waals surface area (Å²) in [5, 5.41) is 16.1. The van der Waals surface area contributed by atoms with Crippen LogP contribution in [0.5, 0.6) is 0 Å². The maximum absolute atomic E-state index is 12.4. The number of tetrazole rings is 1. The molecule has 4 aromatic rings. The highest BCUT2D eigenvalue weighted by molar-refractivity contribution is 6.31. The van der Waals surface area contributed by atoms with E-state index < -0.39 is 0 Å². The number of H-pyrrole nitrogens is 1. The number of hydrogen-bond acceptors (Lipinski definition) is 4. The van der Waals surface area contributed by atoms with Gasteiger partial charge in [-0.15, -0.1) is 5.10 Å². The van der Waals surface area contributed by atoms with Gasteiger partial charge in [0, 0.05) is 34.2 Å². The molecule has 2 N–H and O–H groups in total. The van der Waals surface area contributed by atoms with Crippen molar-refractivity contribution in [1.82, 2.24) is 30.5 Å². The fraction of sp³-hybridized carbons (Fsp3) is 0.158. The van der Waals surface area contributed by atoms with Gasteiger partial charge < -0.3 is 10.3 Å². The predicted octanol–water partition coefficient (Wildman–Crippen LogP) is 3.08. The number of halogens is 1. The zero-order valence-electron chi connectivity index (χ0n) is 14.6. The van der Waals surface area contributed by atoms with Gasteiger partial charge in [-0.2, -0.15) is 4.68 Å². The Kier molecular flexibility index (Phi) is 4.60. The van der Waals surface area contributed by atoms with Crippen molar-refractivity contribution in [3.8, 4) is 5.69 Å². The number of fused-ring (bicyclic) bond motifs is 1. The summed E-state index contributed by atoms with van der Waals surface area (Å²) in [6.07, 6.45) is 2.67. The number of carbonyl (C=O) groups is 1. The fourth-order valence-corrected chi connectivity index (χ4v) is 3.17. The van der Waals surface area contributed by atoms with Gasteiger partial charge in [-0.1, -0.05) is 11.6 Å². The lowest BCUT2D eigenvalue weighted by Crippen LogP contribution is -2.25. The van der Waals surface area contributed by atoms with Gasteiger partial charge in [0.25, 0.3) is 5.91 Å². The largest absolute Gasteiger partial charge is 0.361 e. The van der Waals surface area contributed by atoms with Gasteiger partial charge in [0.2, 0.25) is 0 Å². The van der Waals surface area contributed by atoms with Crippen LogP contribution in [0, 0.1) is 6.92 Å². The molecule has 27 heavy (non-hydrogen) atoms. The molecule has 0 radical (unpaired) electrons. The molecular weight excluding hydrogens is 364 g/mol. The van der Waals surface area contributed by atoms with Crippen molar-refractivity contribution in [1.29, 1.82) is 0 Å². The number of aromatic amines is 1. The molecule has 2 aromatic heterocycles. The van der Waals surface area contributed by atoms with Crippen LogP contribution < -0.4 is 5.32 Å². The second kappa shape index (κ2) is 7.20. The van der Waals surface area contributed by atoms with E-state index in [1.165, 1.54) is 0 Å². The van der Waals surface area contributed by atoms with E-state index in [-0.39, 0.29) is 5.91 Å². The van der Waals surface area contributed by atoms with Gasteiger partial charge in [0.15, 0.2) is 5.82 Å². The number of nitrogens with zero attached hydrogens (tertiary/aromatic N) is 4. The van der Waals surface area contributed by atoms with Gasteiger partial charge in [-0.05, 0) is 71.8 Å². The Balaban J connectivity index is 1.39. The van der Waals surface area contributed by atoms with Gasteiger partial charge in [-0.25, -0.2) is 0 Å². The average Bonchev–Trinajstić information content (AvgIpc) is 3.28. The van der Waals surface area contributed by atoms with Crippen molar-refractivity contribution < 1.29 is 4.79 Å². The third-order valence-electron chi connectivity index (χ3n) is 4.41. The van der Waals surface area contributed by atoms with Crippen molar-refractivity contribution in [2.45, 2.75) is 13.3 Å². The highest BCUT2D eigenvalue weighted by Gasteiger charge is 2.09. The zero-order valence-corrected chi connectivity index (χ0v) is 15.4. The van der Waals surface area contributed by atoms with Crippen LogP contribution in [0.15, 0.2) is 48.7 Å². The lowest BCUT2D eigenvalue weighted by atomic mass is 10.1.